The van der Waals surface area contributed by atoms with Gasteiger partial charge in [0.25, 0.3) is 11.8 Å². The zero-order valence-corrected chi connectivity index (χ0v) is 12.7. The van der Waals surface area contributed by atoms with Gasteiger partial charge in [0.1, 0.15) is 5.82 Å². The largest absolute Gasteiger partial charge is 0.478 e. The number of benzene rings is 1. The number of rotatable bonds is 2. The van der Waals surface area contributed by atoms with Crippen LogP contribution in [0.5, 0.6) is 5.75 Å². The second kappa shape index (κ2) is 5.34. The molecule has 0 aliphatic carbocycles. The van der Waals surface area contributed by atoms with Gasteiger partial charge in [0.15, 0.2) is 17.5 Å². The number of amides is 2. The van der Waals surface area contributed by atoms with Gasteiger partial charge >= 0.3 is 0 Å². The molecule has 2 amide bonds. The van der Waals surface area contributed by atoms with Crippen LogP contribution in [-0.4, -0.2) is 32.5 Å². The molecule has 120 valence electrons. The van der Waals surface area contributed by atoms with E-state index in [1.54, 1.807) is 49.6 Å². The van der Waals surface area contributed by atoms with Gasteiger partial charge in [0, 0.05) is 12.3 Å². The number of para-hydroxylation sites is 1. The number of aromatic nitrogens is 3. The van der Waals surface area contributed by atoms with Crippen LogP contribution in [0.3, 0.4) is 0 Å². The van der Waals surface area contributed by atoms with Crippen molar-refractivity contribution in [2.45, 2.75) is 13.0 Å². The highest BCUT2D eigenvalue weighted by Crippen LogP contribution is 2.33. The molecule has 8 heteroatoms. The Morgan fingerprint density at radius 1 is 1.29 bits per heavy atom. The summed E-state index contributed by atoms with van der Waals surface area (Å²) in [6, 6.07) is 8.40. The summed E-state index contributed by atoms with van der Waals surface area (Å²) in [6.07, 6.45) is 2.53. The Hall–Kier alpha value is -3.42. The lowest BCUT2D eigenvalue weighted by atomic mass is 10.1. The van der Waals surface area contributed by atoms with Crippen molar-refractivity contribution in [3.63, 3.8) is 0 Å². The highest BCUT2D eigenvalue weighted by atomic mass is 16.5. The van der Waals surface area contributed by atoms with Gasteiger partial charge in [0.2, 0.25) is 0 Å². The quantitative estimate of drug-likeness (QED) is 0.748. The third kappa shape index (κ3) is 2.24. The number of carbonyl (C=O) groups excluding carboxylic acids is 2. The molecule has 1 atom stereocenters. The normalized spacial score (nSPS) is 16.2. The first kappa shape index (κ1) is 14.2. The molecule has 2 aromatic heterocycles. The highest BCUT2D eigenvalue weighted by Gasteiger charge is 2.27. The first-order chi connectivity index (χ1) is 11.6. The molecule has 1 aromatic carbocycles. The molecule has 4 rings (SSSR count). The molecule has 1 aliphatic rings. The molecule has 1 aliphatic heterocycles. The Kier molecular flexibility index (Phi) is 3.16. The standard InChI is InChI=1S/C16H13N5O3/c1-9-15(22)19-11-4-2-3-10(14(11)24-9)16(23)20-13-5-7-17-12-6-8-18-21(12)13/h2-9H,1H3,(H,19,22)(H,20,23)/t9-/m0/s1. The minimum atomic E-state index is -0.662. The van der Waals surface area contributed by atoms with Gasteiger partial charge in [-0.05, 0) is 25.1 Å². The molecule has 0 fully saturated rings. The molecular weight excluding hydrogens is 310 g/mol. The lowest BCUT2D eigenvalue weighted by molar-refractivity contribution is -0.122. The van der Waals surface area contributed by atoms with Gasteiger partial charge in [-0.25, -0.2) is 4.98 Å². The number of nitrogens with zero attached hydrogens (tertiary/aromatic N) is 3. The van der Waals surface area contributed by atoms with E-state index in [-0.39, 0.29) is 11.8 Å². The van der Waals surface area contributed by atoms with Gasteiger partial charge in [-0.1, -0.05) is 6.07 Å². The van der Waals surface area contributed by atoms with E-state index in [4.69, 9.17) is 4.74 Å². The van der Waals surface area contributed by atoms with Crippen LogP contribution in [0.4, 0.5) is 11.5 Å². The van der Waals surface area contributed by atoms with Crippen LogP contribution in [0.15, 0.2) is 42.7 Å². The zero-order chi connectivity index (χ0) is 16.7. The van der Waals surface area contributed by atoms with Gasteiger partial charge in [-0.15, -0.1) is 0 Å². The topological polar surface area (TPSA) is 97.6 Å². The first-order valence-electron chi connectivity index (χ1n) is 7.34. The Morgan fingerprint density at radius 3 is 3.04 bits per heavy atom. The summed E-state index contributed by atoms with van der Waals surface area (Å²) >= 11 is 0. The van der Waals surface area contributed by atoms with E-state index < -0.39 is 6.10 Å². The van der Waals surface area contributed by atoms with Crippen LogP contribution in [-0.2, 0) is 4.79 Å². The van der Waals surface area contributed by atoms with Crippen LogP contribution in [0.25, 0.3) is 5.65 Å². The van der Waals surface area contributed by atoms with Crippen molar-refractivity contribution in [1.29, 1.82) is 0 Å². The predicted octanol–water partition coefficient (Wildman–Crippen LogP) is 1.70. The molecule has 3 heterocycles. The zero-order valence-electron chi connectivity index (χ0n) is 12.7. The average Bonchev–Trinajstić information content (AvgIpc) is 3.05. The molecule has 0 spiro atoms. The minimum Gasteiger partial charge on any atom is -0.478 e. The predicted molar refractivity (Wildman–Crippen MR) is 86.1 cm³/mol. The van der Waals surface area contributed by atoms with E-state index in [0.29, 0.717) is 28.5 Å². The number of nitrogens with one attached hydrogen (secondary N) is 2. The fourth-order valence-corrected chi connectivity index (χ4v) is 2.52. The van der Waals surface area contributed by atoms with E-state index in [1.165, 1.54) is 4.52 Å². The Bertz CT molecular complexity index is 965. The maximum atomic E-state index is 12.7. The van der Waals surface area contributed by atoms with E-state index in [2.05, 4.69) is 20.7 Å². The van der Waals surface area contributed by atoms with Crippen LogP contribution >= 0.6 is 0 Å². The molecule has 3 aromatic rings. The smallest absolute Gasteiger partial charge is 0.265 e. The third-order valence-corrected chi connectivity index (χ3v) is 3.71. The molecule has 24 heavy (non-hydrogen) atoms. The summed E-state index contributed by atoms with van der Waals surface area (Å²) < 4.78 is 7.13. The number of hydrogen-bond acceptors (Lipinski definition) is 5. The third-order valence-electron chi connectivity index (χ3n) is 3.71. The fourth-order valence-electron chi connectivity index (χ4n) is 2.52. The number of ether oxygens (including phenoxy) is 1. The van der Waals surface area contributed by atoms with E-state index in [9.17, 15) is 9.59 Å². The monoisotopic (exact) mass is 323 g/mol. The maximum Gasteiger partial charge on any atom is 0.265 e. The lowest BCUT2D eigenvalue weighted by Gasteiger charge is -2.25. The summed E-state index contributed by atoms with van der Waals surface area (Å²) in [6.45, 7) is 1.63. The molecule has 0 unspecified atom stereocenters. The summed E-state index contributed by atoms with van der Waals surface area (Å²) in [7, 11) is 0. The minimum absolute atomic E-state index is 0.243. The van der Waals surface area contributed by atoms with Crippen molar-refractivity contribution >= 4 is 29.0 Å². The molecule has 0 radical (unpaired) electrons. The summed E-state index contributed by atoms with van der Waals surface area (Å²) in [5, 5.41) is 9.64. The molecule has 0 bridgehead atoms. The lowest BCUT2D eigenvalue weighted by Crippen LogP contribution is -2.35. The van der Waals surface area contributed by atoms with E-state index in [0.717, 1.165) is 0 Å². The first-order valence-corrected chi connectivity index (χ1v) is 7.34. The second-order valence-electron chi connectivity index (χ2n) is 5.32. The molecule has 8 nitrogen and oxygen atoms in total. The Balaban J connectivity index is 1.70. The summed E-state index contributed by atoms with van der Waals surface area (Å²) in [4.78, 5) is 28.5. The number of fused-ring (bicyclic) bond motifs is 2. The van der Waals surface area contributed by atoms with Gasteiger partial charge < -0.3 is 15.4 Å². The van der Waals surface area contributed by atoms with Gasteiger partial charge in [0.05, 0.1) is 17.4 Å². The van der Waals surface area contributed by atoms with Crippen molar-refractivity contribution in [2.75, 3.05) is 10.6 Å². The molecule has 0 saturated carbocycles. The van der Waals surface area contributed by atoms with Crippen molar-refractivity contribution in [3.05, 3.63) is 48.3 Å². The number of anilines is 2. The molecular formula is C16H13N5O3. The molecule has 0 saturated heterocycles. The average molecular weight is 323 g/mol. The van der Waals surface area contributed by atoms with Gasteiger partial charge in [-0.3, -0.25) is 9.59 Å². The van der Waals surface area contributed by atoms with E-state index in [1.807, 2.05) is 0 Å². The summed E-state index contributed by atoms with van der Waals surface area (Å²) in [5.74, 6) is 0.235. The maximum absolute atomic E-state index is 12.7. The van der Waals surface area contributed by atoms with Crippen molar-refractivity contribution in [1.82, 2.24) is 14.6 Å². The number of hydrogen-bond donors (Lipinski definition) is 2. The Morgan fingerprint density at radius 2 is 2.17 bits per heavy atom. The van der Waals surface area contributed by atoms with E-state index >= 15 is 0 Å². The van der Waals surface area contributed by atoms with Crippen LogP contribution in [0, 0.1) is 0 Å². The fraction of sp³-hybridized carbons (Fsp3) is 0.125. The van der Waals surface area contributed by atoms with Crippen LogP contribution in [0.2, 0.25) is 0 Å². The number of carbonyl (C=O) groups is 2. The van der Waals surface area contributed by atoms with Crippen molar-refractivity contribution in [2.24, 2.45) is 0 Å². The van der Waals surface area contributed by atoms with Gasteiger partial charge in [-0.2, -0.15) is 9.61 Å². The van der Waals surface area contributed by atoms with Crippen molar-refractivity contribution < 1.29 is 14.3 Å². The Labute approximate surface area is 136 Å². The van der Waals surface area contributed by atoms with Crippen LogP contribution in [0.1, 0.15) is 17.3 Å². The highest BCUT2D eigenvalue weighted by molar-refractivity contribution is 6.09. The second-order valence-corrected chi connectivity index (χ2v) is 5.32. The summed E-state index contributed by atoms with van der Waals surface area (Å²) in [5.41, 5.74) is 1.43. The SMILES string of the molecule is C[C@@H]1Oc2c(cccc2C(=O)Nc2ccnc3ccnn23)NC1=O. The van der Waals surface area contributed by atoms with Crippen molar-refractivity contribution in [3.8, 4) is 5.75 Å². The molecule has 2 N–H and O–H groups in total. The van der Waals surface area contributed by atoms with Crippen LogP contribution < -0.4 is 15.4 Å².